The van der Waals surface area contributed by atoms with Gasteiger partial charge in [0.15, 0.2) is 5.69 Å². The quantitative estimate of drug-likeness (QED) is 0.905. The van der Waals surface area contributed by atoms with Gasteiger partial charge in [0.05, 0.1) is 0 Å². The van der Waals surface area contributed by atoms with E-state index in [0.717, 1.165) is 11.8 Å². The van der Waals surface area contributed by atoms with E-state index >= 15 is 0 Å². The minimum Gasteiger partial charge on any atom is -0.334 e. The molecule has 9 heteroatoms. The van der Waals surface area contributed by atoms with Crippen LogP contribution in [0, 0.1) is 12.8 Å². The second-order valence-electron chi connectivity index (χ2n) is 6.60. The predicted molar refractivity (Wildman–Crippen MR) is 89.7 cm³/mol. The number of halogens is 3. The normalized spacial score (nSPS) is 16.9. The number of carbonyl (C=O) groups excluding carboxylic acids is 1. The van der Waals surface area contributed by atoms with E-state index < -0.39 is 11.9 Å². The Morgan fingerprint density at radius 2 is 2.23 bits per heavy atom. The van der Waals surface area contributed by atoms with E-state index in [-0.39, 0.29) is 11.9 Å². The number of nitrogens with one attached hydrogen (secondary N) is 1. The number of anilines is 1. The highest BCUT2D eigenvalue weighted by Crippen LogP contribution is 2.30. The Balaban J connectivity index is 1.60. The zero-order valence-electron chi connectivity index (χ0n) is 14.5. The van der Waals surface area contributed by atoms with Crippen molar-refractivity contribution in [1.82, 2.24) is 19.4 Å². The molecule has 2 aromatic rings. The number of rotatable bonds is 3. The van der Waals surface area contributed by atoms with Crippen LogP contribution < -0.4 is 5.32 Å². The molecule has 0 spiro atoms. The van der Waals surface area contributed by atoms with Gasteiger partial charge in [-0.15, -0.1) is 0 Å². The number of fused-ring (bicyclic) bond motifs is 1. The van der Waals surface area contributed by atoms with Crippen molar-refractivity contribution < 1.29 is 18.0 Å². The van der Waals surface area contributed by atoms with Crippen molar-refractivity contribution >= 4 is 11.7 Å². The third-order valence-corrected chi connectivity index (χ3v) is 4.52. The molecule has 0 fully saturated rings. The number of imidazole rings is 1. The standard InChI is InChI=1S/C17H20F3N5O/c1-11-7-21-6-5-13(11)22-16(26)24(2)8-12-3-4-15-23-14(17(18,19)20)10-25(15)9-12/h5-7,10,12H,3-4,8-9H2,1-2H3,(H,21,22,26). The Morgan fingerprint density at radius 3 is 2.92 bits per heavy atom. The monoisotopic (exact) mass is 367 g/mol. The summed E-state index contributed by atoms with van der Waals surface area (Å²) < 4.78 is 39.9. The first-order valence-electron chi connectivity index (χ1n) is 8.30. The zero-order chi connectivity index (χ0) is 18.9. The molecule has 1 N–H and O–H groups in total. The molecular weight excluding hydrogens is 347 g/mol. The number of urea groups is 1. The number of aromatic nitrogens is 3. The number of hydrogen-bond donors (Lipinski definition) is 1. The number of carbonyl (C=O) groups is 1. The molecule has 0 radical (unpaired) electrons. The van der Waals surface area contributed by atoms with E-state index in [4.69, 9.17) is 0 Å². The molecule has 6 nitrogen and oxygen atoms in total. The maximum Gasteiger partial charge on any atom is 0.434 e. The summed E-state index contributed by atoms with van der Waals surface area (Å²) in [6.07, 6.45) is 1.05. The van der Waals surface area contributed by atoms with Crippen LogP contribution in [0.5, 0.6) is 0 Å². The lowest BCUT2D eigenvalue weighted by atomic mass is 9.99. The minimum atomic E-state index is -4.43. The first-order chi connectivity index (χ1) is 12.2. The van der Waals surface area contributed by atoms with Gasteiger partial charge in [-0.3, -0.25) is 4.98 Å². The van der Waals surface area contributed by atoms with Crippen LogP contribution in [0.2, 0.25) is 0 Å². The Kier molecular flexibility index (Phi) is 4.88. The summed E-state index contributed by atoms with van der Waals surface area (Å²) in [4.78, 5) is 21.6. The third-order valence-electron chi connectivity index (χ3n) is 4.52. The first-order valence-corrected chi connectivity index (χ1v) is 8.30. The fourth-order valence-electron chi connectivity index (χ4n) is 3.09. The lowest BCUT2D eigenvalue weighted by molar-refractivity contribution is -0.141. The van der Waals surface area contributed by atoms with Crippen LogP contribution in [0.3, 0.4) is 0 Å². The summed E-state index contributed by atoms with van der Waals surface area (Å²) in [6.45, 7) is 2.72. The maximum absolute atomic E-state index is 12.8. The second kappa shape index (κ2) is 6.97. The minimum absolute atomic E-state index is 0.0760. The fourth-order valence-corrected chi connectivity index (χ4v) is 3.09. The second-order valence-corrected chi connectivity index (χ2v) is 6.60. The average Bonchev–Trinajstić information content (AvgIpc) is 3.00. The van der Waals surface area contributed by atoms with Gasteiger partial charge < -0.3 is 14.8 Å². The van der Waals surface area contributed by atoms with Crippen molar-refractivity contribution in [3.63, 3.8) is 0 Å². The van der Waals surface area contributed by atoms with E-state index in [0.29, 0.717) is 37.4 Å². The number of hydrogen-bond acceptors (Lipinski definition) is 3. The lowest BCUT2D eigenvalue weighted by Crippen LogP contribution is -2.38. The summed E-state index contributed by atoms with van der Waals surface area (Å²) >= 11 is 0. The van der Waals surface area contributed by atoms with Gasteiger partial charge in [0, 0.05) is 50.8 Å². The van der Waals surface area contributed by atoms with Crippen LogP contribution in [0.15, 0.2) is 24.7 Å². The highest BCUT2D eigenvalue weighted by atomic mass is 19.4. The SMILES string of the molecule is Cc1cnccc1NC(=O)N(C)CC1CCc2nc(C(F)(F)F)cn2C1. The van der Waals surface area contributed by atoms with Crippen molar-refractivity contribution in [2.45, 2.75) is 32.5 Å². The van der Waals surface area contributed by atoms with Crippen LogP contribution in [0.25, 0.3) is 0 Å². The Morgan fingerprint density at radius 1 is 1.46 bits per heavy atom. The molecule has 3 heterocycles. The molecule has 140 valence electrons. The summed E-state index contributed by atoms with van der Waals surface area (Å²) in [6, 6.07) is 1.46. The van der Waals surface area contributed by atoms with Gasteiger partial charge in [-0.25, -0.2) is 9.78 Å². The largest absolute Gasteiger partial charge is 0.434 e. The average molecular weight is 367 g/mol. The topological polar surface area (TPSA) is 63.1 Å². The van der Waals surface area contributed by atoms with Crippen LogP contribution in [0.4, 0.5) is 23.7 Å². The van der Waals surface area contributed by atoms with E-state index in [1.165, 1.54) is 0 Å². The molecule has 0 bridgehead atoms. The molecule has 3 rings (SSSR count). The van der Waals surface area contributed by atoms with Gasteiger partial charge >= 0.3 is 12.2 Å². The number of aryl methyl sites for hydroxylation is 2. The molecule has 1 aliphatic rings. The predicted octanol–water partition coefficient (Wildman–Crippen LogP) is 3.33. The maximum atomic E-state index is 12.8. The number of nitrogens with zero attached hydrogens (tertiary/aromatic N) is 4. The molecule has 2 amide bonds. The van der Waals surface area contributed by atoms with E-state index in [1.807, 2.05) is 6.92 Å². The fraction of sp³-hybridized carbons (Fsp3) is 0.471. The van der Waals surface area contributed by atoms with Crippen LogP contribution in [0.1, 0.15) is 23.5 Å². The van der Waals surface area contributed by atoms with Crippen LogP contribution in [-0.4, -0.2) is 39.1 Å². The van der Waals surface area contributed by atoms with E-state index in [2.05, 4.69) is 15.3 Å². The number of alkyl halides is 3. The number of pyridine rings is 1. The molecular formula is C17H20F3N5O. The van der Waals surface area contributed by atoms with Gasteiger partial charge in [-0.2, -0.15) is 13.2 Å². The Labute approximate surface area is 149 Å². The third kappa shape index (κ3) is 3.97. The molecule has 1 unspecified atom stereocenters. The molecule has 1 aliphatic heterocycles. The molecule has 1 atom stereocenters. The van der Waals surface area contributed by atoms with Gasteiger partial charge in [0.25, 0.3) is 0 Å². The summed E-state index contributed by atoms with van der Waals surface area (Å²) in [5.41, 5.74) is 0.689. The van der Waals surface area contributed by atoms with E-state index in [1.54, 1.807) is 35.0 Å². The molecule has 0 aliphatic carbocycles. The molecule has 0 saturated heterocycles. The highest BCUT2D eigenvalue weighted by Gasteiger charge is 2.36. The van der Waals surface area contributed by atoms with Crippen molar-refractivity contribution in [2.75, 3.05) is 18.9 Å². The Hall–Kier alpha value is -2.58. The summed E-state index contributed by atoms with van der Waals surface area (Å²) in [5.74, 6) is 0.528. The molecule has 0 saturated carbocycles. The first kappa shape index (κ1) is 18.2. The van der Waals surface area contributed by atoms with Crippen molar-refractivity contribution in [2.24, 2.45) is 5.92 Å². The van der Waals surface area contributed by atoms with Crippen molar-refractivity contribution in [3.8, 4) is 0 Å². The van der Waals surface area contributed by atoms with Crippen LogP contribution >= 0.6 is 0 Å². The van der Waals surface area contributed by atoms with Gasteiger partial charge in [-0.1, -0.05) is 0 Å². The summed E-state index contributed by atoms with van der Waals surface area (Å²) in [7, 11) is 1.68. The Bertz CT molecular complexity index is 802. The lowest BCUT2D eigenvalue weighted by Gasteiger charge is -2.28. The smallest absolute Gasteiger partial charge is 0.334 e. The van der Waals surface area contributed by atoms with Crippen LogP contribution in [-0.2, 0) is 19.1 Å². The van der Waals surface area contributed by atoms with E-state index in [9.17, 15) is 18.0 Å². The highest BCUT2D eigenvalue weighted by molar-refractivity contribution is 5.89. The summed E-state index contributed by atoms with van der Waals surface area (Å²) in [5, 5.41) is 2.82. The number of amides is 2. The molecule has 26 heavy (non-hydrogen) atoms. The van der Waals surface area contributed by atoms with Gasteiger partial charge in [0.2, 0.25) is 0 Å². The van der Waals surface area contributed by atoms with Crippen molar-refractivity contribution in [3.05, 3.63) is 41.7 Å². The van der Waals surface area contributed by atoms with Crippen molar-refractivity contribution in [1.29, 1.82) is 0 Å². The molecule has 2 aromatic heterocycles. The molecule has 0 aromatic carbocycles. The van der Waals surface area contributed by atoms with Gasteiger partial charge in [0.1, 0.15) is 5.82 Å². The van der Waals surface area contributed by atoms with Gasteiger partial charge in [-0.05, 0) is 30.9 Å². The zero-order valence-corrected chi connectivity index (χ0v) is 14.5.